The molecule has 1 aliphatic rings. The molecule has 0 radical (unpaired) electrons. The van der Waals surface area contributed by atoms with E-state index in [2.05, 4.69) is 5.32 Å². The van der Waals surface area contributed by atoms with Crippen molar-refractivity contribution in [1.29, 1.82) is 0 Å². The van der Waals surface area contributed by atoms with Gasteiger partial charge in [-0.25, -0.2) is 0 Å². The minimum atomic E-state index is -1.60. The largest absolute Gasteiger partial charge is 0.388 e. The van der Waals surface area contributed by atoms with Crippen LogP contribution in [-0.4, -0.2) is 63.6 Å². The maximum Gasteiger partial charge on any atom is 0.251 e. The maximum absolute atomic E-state index is 11.8. The van der Waals surface area contributed by atoms with Gasteiger partial charge in [0.05, 0.1) is 0 Å². The zero-order valence-corrected chi connectivity index (χ0v) is 10.6. The number of rotatable bonds is 3. The van der Waals surface area contributed by atoms with Crippen molar-refractivity contribution in [3.8, 4) is 0 Å². The Hall–Kier alpha value is -1.51. The van der Waals surface area contributed by atoms with E-state index in [0.29, 0.717) is 5.56 Å². The van der Waals surface area contributed by atoms with Gasteiger partial charge in [0.15, 0.2) is 6.29 Å². The van der Waals surface area contributed by atoms with E-state index in [-0.39, 0.29) is 12.5 Å². The van der Waals surface area contributed by atoms with Crippen LogP contribution in [0.4, 0.5) is 0 Å². The molecule has 0 aliphatic carbocycles. The number of nitrogens with one attached hydrogen (secondary N) is 1. The Morgan fingerprint density at radius 2 is 1.70 bits per heavy atom. The number of hydrogen-bond donors (Lipinski definition) is 5. The highest BCUT2D eigenvalue weighted by Gasteiger charge is 2.42. The average Bonchev–Trinajstić information content (AvgIpc) is 2.48. The Morgan fingerprint density at radius 1 is 1.05 bits per heavy atom. The van der Waals surface area contributed by atoms with Crippen LogP contribution < -0.4 is 5.32 Å². The van der Waals surface area contributed by atoms with Gasteiger partial charge in [-0.1, -0.05) is 18.2 Å². The lowest BCUT2D eigenvalue weighted by molar-refractivity contribution is -0.279. The van der Waals surface area contributed by atoms with Crippen LogP contribution in [-0.2, 0) is 4.74 Å². The van der Waals surface area contributed by atoms with E-state index in [0.717, 1.165) is 0 Å². The van der Waals surface area contributed by atoms with Gasteiger partial charge in [-0.3, -0.25) is 4.79 Å². The zero-order chi connectivity index (χ0) is 14.7. The molecule has 1 fully saturated rings. The molecular weight excluding hydrogens is 266 g/mol. The highest BCUT2D eigenvalue weighted by atomic mass is 16.6. The first-order valence-corrected chi connectivity index (χ1v) is 6.21. The highest BCUT2D eigenvalue weighted by Crippen LogP contribution is 2.19. The predicted octanol–water partition coefficient (Wildman–Crippen LogP) is -1.78. The van der Waals surface area contributed by atoms with E-state index in [9.17, 15) is 25.2 Å². The van der Waals surface area contributed by atoms with Crippen LogP contribution in [0.15, 0.2) is 30.3 Å². The third-order valence-electron chi connectivity index (χ3n) is 3.19. The molecule has 7 heteroatoms. The normalized spacial score (nSPS) is 33.7. The van der Waals surface area contributed by atoms with Gasteiger partial charge in [-0.15, -0.1) is 0 Å². The molecule has 0 unspecified atom stereocenters. The molecule has 1 aromatic carbocycles. The van der Waals surface area contributed by atoms with Crippen molar-refractivity contribution in [1.82, 2.24) is 5.32 Å². The molecule has 1 aromatic rings. The van der Waals surface area contributed by atoms with Gasteiger partial charge in [-0.05, 0) is 12.1 Å². The van der Waals surface area contributed by atoms with E-state index in [1.807, 2.05) is 0 Å². The van der Waals surface area contributed by atoms with Gasteiger partial charge < -0.3 is 30.5 Å². The molecule has 5 atom stereocenters. The molecule has 110 valence electrons. The number of aliphatic hydroxyl groups is 4. The topological polar surface area (TPSA) is 119 Å². The first-order valence-electron chi connectivity index (χ1n) is 6.21. The lowest BCUT2D eigenvalue weighted by Gasteiger charge is -2.38. The fourth-order valence-electron chi connectivity index (χ4n) is 1.98. The minimum Gasteiger partial charge on any atom is -0.388 e. The molecule has 1 amide bonds. The average molecular weight is 283 g/mol. The third kappa shape index (κ3) is 3.14. The smallest absolute Gasteiger partial charge is 0.251 e. The predicted molar refractivity (Wildman–Crippen MR) is 67.7 cm³/mol. The summed E-state index contributed by atoms with van der Waals surface area (Å²) in [5.41, 5.74) is 0.443. The summed E-state index contributed by atoms with van der Waals surface area (Å²) in [6, 6.07) is 8.45. The van der Waals surface area contributed by atoms with Crippen molar-refractivity contribution in [2.75, 3.05) is 6.54 Å². The summed E-state index contributed by atoms with van der Waals surface area (Å²) in [7, 11) is 0. The van der Waals surface area contributed by atoms with E-state index in [1.54, 1.807) is 30.3 Å². The molecule has 7 nitrogen and oxygen atoms in total. The second-order valence-corrected chi connectivity index (χ2v) is 4.61. The van der Waals surface area contributed by atoms with E-state index in [4.69, 9.17) is 4.74 Å². The number of benzene rings is 1. The zero-order valence-electron chi connectivity index (χ0n) is 10.6. The first kappa shape index (κ1) is 14.9. The second-order valence-electron chi connectivity index (χ2n) is 4.61. The van der Waals surface area contributed by atoms with Gasteiger partial charge in [0.1, 0.15) is 24.4 Å². The number of hydrogen-bond acceptors (Lipinski definition) is 6. The van der Waals surface area contributed by atoms with Gasteiger partial charge in [-0.2, -0.15) is 0 Å². The van der Waals surface area contributed by atoms with Crippen molar-refractivity contribution >= 4 is 5.91 Å². The molecule has 2 rings (SSSR count). The van der Waals surface area contributed by atoms with Gasteiger partial charge in [0, 0.05) is 12.1 Å². The third-order valence-corrected chi connectivity index (χ3v) is 3.19. The Kier molecular flexibility index (Phi) is 4.69. The first-order chi connectivity index (χ1) is 9.50. The fraction of sp³-hybridized carbons (Fsp3) is 0.462. The number of amides is 1. The molecule has 5 N–H and O–H groups in total. The molecule has 0 aromatic heterocycles. The van der Waals surface area contributed by atoms with Crippen LogP contribution >= 0.6 is 0 Å². The monoisotopic (exact) mass is 283 g/mol. The number of ether oxygens (including phenoxy) is 1. The van der Waals surface area contributed by atoms with E-state index < -0.39 is 30.7 Å². The SMILES string of the molecule is O=C(NC[C@H]1O[C@H](O)[C@H](O)[C@@H](O)[C@H]1O)c1ccccc1. The fourth-order valence-corrected chi connectivity index (χ4v) is 1.98. The molecule has 0 bridgehead atoms. The molecule has 0 spiro atoms. The van der Waals surface area contributed by atoms with Crippen molar-refractivity contribution in [2.24, 2.45) is 0 Å². The molecular formula is C13H17NO6. The number of carbonyl (C=O) groups excluding carboxylic acids is 1. The van der Waals surface area contributed by atoms with Crippen molar-refractivity contribution in [2.45, 2.75) is 30.7 Å². The Bertz CT molecular complexity index is 453. The number of aliphatic hydroxyl groups excluding tert-OH is 4. The molecule has 1 heterocycles. The second kappa shape index (κ2) is 6.29. The van der Waals surface area contributed by atoms with Crippen LogP contribution in [0.25, 0.3) is 0 Å². The molecule has 0 saturated carbocycles. The minimum absolute atomic E-state index is 0.101. The van der Waals surface area contributed by atoms with Crippen molar-refractivity contribution in [3.05, 3.63) is 35.9 Å². The van der Waals surface area contributed by atoms with Crippen LogP contribution in [0.1, 0.15) is 10.4 Å². The van der Waals surface area contributed by atoms with Gasteiger partial charge >= 0.3 is 0 Å². The quantitative estimate of drug-likeness (QED) is 0.447. The summed E-state index contributed by atoms with van der Waals surface area (Å²) < 4.78 is 4.95. The maximum atomic E-state index is 11.8. The molecule has 1 aliphatic heterocycles. The Morgan fingerprint density at radius 3 is 2.35 bits per heavy atom. The summed E-state index contributed by atoms with van der Waals surface area (Å²) in [5, 5.41) is 40.4. The van der Waals surface area contributed by atoms with E-state index >= 15 is 0 Å². The Labute approximate surface area is 115 Å². The highest BCUT2D eigenvalue weighted by molar-refractivity contribution is 5.94. The summed E-state index contributed by atoms with van der Waals surface area (Å²) in [5.74, 6) is -0.364. The summed E-state index contributed by atoms with van der Waals surface area (Å²) in [4.78, 5) is 11.8. The van der Waals surface area contributed by atoms with Crippen LogP contribution in [0.5, 0.6) is 0 Å². The van der Waals surface area contributed by atoms with Gasteiger partial charge in [0.25, 0.3) is 5.91 Å². The molecule has 1 saturated heterocycles. The lowest BCUT2D eigenvalue weighted by atomic mass is 9.99. The lowest BCUT2D eigenvalue weighted by Crippen LogP contribution is -2.59. The van der Waals surface area contributed by atoms with Crippen LogP contribution in [0.3, 0.4) is 0 Å². The van der Waals surface area contributed by atoms with Gasteiger partial charge in [0.2, 0.25) is 0 Å². The summed E-state index contributed by atoms with van der Waals surface area (Å²) in [6.45, 7) is -0.101. The van der Waals surface area contributed by atoms with Crippen molar-refractivity contribution in [3.63, 3.8) is 0 Å². The summed E-state index contributed by atoms with van der Waals surface area (Å²) in [6.07, 6.45) is -7.11. The standard InChI is InChI=1S/C13H17NO6/c15-9-8(20-13(19)11(17)10(9)16)6-14-12(18)7-4-2-1-3-5-7/h1-5,8-11,13,15-17,19H,6H2,(H,14,18)/t8-,9+,10+,11-,13+/m1/s1. The summed E-state index contributed by atoms with van der Waals surface area (Å²) >= 11 is 0. The van der Waals surface area contributed by atoms with Crippen LogP contribution in [0.2, 0.25) is 0 Å². The van der Waals surface area contributed by atoms with Crippen molar-refractivity contribution < 1.29 is 30.0 Å². The van der Waals surface area contributed by atoms with Crippen LogP contribution in [0, 0.1) is 0 Å². The number of carbonyl (C=O) groups is 1. The molecule has 20 heavy (non-hydrogen) atoms. The van der Waals surface area contributed by atoms with E-state index in [1.165, 1.54) is 0 Å². The Balaban J connectivity index is 1.92.